The van der Waals surface area contributed by atoms with Crippen molar-refractivity contribution in [3.63, 3.8) is 0 Å². The molecular weight excluding hydrogens is 480 g/mol. The maximum atomic E-state index is 5.54. The topological polar surface area (TPSA) is 52.5 Å². The Morgan fingerprint density at radius 1 is 0.968 bits per heavy atom. The zero-order valence-electron chi connectivity index (χ0n) is 17.9. The highest BCUT2D eigenvalue weighted by Gasteiger charge is 2.33. The van der Waals surface area contributed by atoms with E-state index in [0.29, 0.717) is 17.2 Å². The minimum absolute atomic E-state index is 0.0341. The van der Waals surface area contributed by atoms with E-state index in [2.05, 4.69) is 45.3 Å². The average Bonchev–Trinajstić information content (AvgIpc) is 3.18. The highest BCUT2D eigenvalue weighted by atomic mass is 79.9. The number of halogens is 1. The van der Waals surface area contributed by atoms with Crippen molar-refractivity contribution >= 4 is 38.6 Å². The molecule has 4 rings (SSSR count). The maximum Gasteiger partial charge on any atom is 0.203 e. The summed E-state index contributed by atoms with van der Waals surface area (Å²) in [7, 11) is 6.49. The highest BCUT2D eigenvalue weighted by Crippen LogP contribution is 2.46. The lowest BCUT2D eigenvalue weighted by atomic mass is 10.00. The van der Waals surface area contributed by atoms with E-state index in [1.54, 1.807) is 40.2 Å². The van der Waals surface area contributed by atoms with Crippen LogP contribution in [0.4, 0.5) is 0 Å². The molecule has 0 bridgehead atoms. The molecule has 0 radical (unpaired) electrons. The Labute approximate surface area is 194 Å². The van der Waals surface area contributed by atoms with Gasteiger partial charge in [0, 0.05) is 15.7 Å². The summed E-state index contributed by atoms with van der Waals surface area (Å²) >= 11 is 5.34. The van der Waals surface area contributed by atoms with Crippen LogP contribution in [0.2, 0.25) is 0 Å². The number of ether oxygens (including phenoxy) is 4. The first-order valence-corrected chi connectivity index (χ1v) is 11.2. The van der Waals surface area contributed by atoms with Crippen LogP contribution in [-0.4, -0.2) is 38.5 Å². The molecule has 2 aromatic carbocycles. The van der Waals surface area contributed by atoms with Crippen LogP contribution in [0.5, 0.6) is 23.0 Å². The number of benzene rings is 2. The van der Waals surface area contributed by atoms with Crippen LogP contribution in [-0.2, 0) is 0 Å². The smallest absolute Gasteiger partial charge is 0.203 e. The second-order valence-corrected chi connectivity index (χ2v) is 8.63. The SMILES string of the molecule is COc1ccc(C2C=C(c3cc(OC)c(OC)c(OC)c3)N=C3SC=C(C)N32)c(Br)c1. The van der Waals surface area contributed by atoms with Crippen molar-refractivity contribution in [2.75, 3.05) is 28.4 Å². The van der Waals surface area contributed by atoms with Crippen LogP contribution in [0.3, 0.4) is 0 Å². The number of fused-ring (bicyclic) bond motifs is 1. The van der Waals surface area contributed by atoms with Crippen molar-refractivity contribution < 1.29 is 18.9 Å². The molecule has 0 fully saturated rings. The van der Waals surface area contributed by atoms with E-state index in [1.807, 2.05) is 24.3 Å². The van der Waals surface area contributed by atoms with Gasteiger partial charge in [0.15, 0.2) is 16.7 Å². The predicted molar refractivity (Wildman–Crippen MR) is 128 cm³/mol. The van der Waals surface area contributed by atoms with Crippen LogP contribution in [0.1, 0.15) is 24.1 Å². The second-order valence-electron chi connectivity index (χ2n) is 6.94. The Bertz CT molecular complexity index is 1090. The standard InChI is InChI=1S/C23H23BrN2O4S/c1-13-12-31-23-25-18(14-8-20(28-3)22(30-5)21(9-14)29-4)11-19(26(13)23)16-7-6-15(27-2)10-17(16)24/h6-12,19H,1-5H3. The predicted octanol–water partition coefficient (Wildman–Crippen LogP) is 5.85. The molecule has 0 amide bonds. The van der Waals surface area contributed by atoms with Gasteiger partial charge in [0.05, 0.1) is 40.2 Å². The average molecular weight is 503 g/mol. The molecule has 31 heavy (non-hydrogen) atoms. The van der Waals surface area contributed by atoms with Gasteiger partial charge in [0.25, 0.3) is 0 Å². The van der Waals surface area contributed by atoms with Crippen molar-refractivity contribution in [1.82, 2.24) is 4.90 Å². The van der Waals surface area contributed by atoms with Crippen LogP contribution < -0.4 is 18.9 Å². The third-order valence-electron chi connectivity index (χ3n) is 5.22. The van der Waals surface area contributed by atoms with Crippen LogP contribution >= 0.6 is 27.7 Å². The van der Waals surface area contributed by atoms with E-state index >= 15 is 0 Å². The van der Waals surface area contributed by atoms with Crippen LogP contribution in [0.25, 0.3) is 5.70 Å². The van der Waals surface area contributed by atoms with Crippen LogP contribution in [0, 0.1) is 0 Å². The van der Waals surface area contributed by atoms with Gasteiger partial charge in [0.2, 0.25) is 5.75 Å². The second kappa shape index (κ2) is 8.88. The summed E-state index contributed by atoms with van der Waals surface area (Å²) in [5, 5.41) is 3.05. The van der Waals surface area contributed by atoms with Crippen molar-refractivity contribution in [3.8, 4) is 23.0 Å². The number of aliphatic imine (C=N–C) groups is 1. The first-order chi connectivity index (χ1) is 15.0. The number of allylic oxidation sites excluding steroid dienone is 1. The molecular formula is C23H23BrN2O4S. The Balaban J connectivity index is 1.85. The number of amidine groups is 1. The number of hydrogen-bond acceptors (Lipinski definition) is 7. The Morgan fingerprint density at radius 2 is 1.68 bits per heavy atom. The molecule has 6 nitrogen and oxygen atoms in total. The summed E-state index contributed by atoms with van der Waals surface area (Å²) in [4.78, 5) is 7.17. The third-order valence-corrected chi connectivity index (χ3v) is 6.86. The summed E-state index contributed by atoms with van der Waals surface area (Å²) in [5.41, 5.74) is 4.00. The quantitative estimate of drug-likeness (QED) is 0.494. The first kappa shape index (κ1) is 21.6. The van der Waals surface area contributed by atoms with E-state index in [1.165, 1.54) is 0 Å². The largest absolute Gasteiger partial charge is 0.497 e. The summed E-state index contributed by atoms with van der Waals surface area (Å²) in [5.74, 6) is 2.55. The number of rotatable bonds is 6. The molecule has 2 aromatic rings. The Hall–Kier alpha value is -2.58. The molecule has 1 unspecified atom stereocenters. The zero-order chi connectivity index (χ0) is 22.1. The van der Waals surface area contributed by atoms with Gasteiger partial charge in [-0.25, -0.2) is 4.99 Å². The third kappa shape index (κ3) is 3.90. The van der Waals surface area contributed by atoms with E-state index in [0.717, 1.165) is 37.9 Å². The van der Waals surface area contributed by atoms with Crippen LogP contribution in [0.15, 0.2) is 57.0 Å². The molecule has 0 aliphatic carbocycles. The normalized spacial score (nSPS) is 17.4. The van der Waals surface area contributed by atoms with Gasteiger partial charge in [-0.1, -0.05) is 33.8 Å². The fourth-order valence-electron chi connectivity index (χ4n) is 3.68. The molecule has 1 atom stereocenters. The van der Waals surface area contributed by atoms with Gasteiger partial charge in [0.1, 0.15) is 5.75 Å². The van der Waals surface area contributed by atoms with E-state index in [9.17, 15) is 0 Å². The number of methoxy groups -OCH3 is 4. The maximum absolute atomic E-state index is 5.54. The summed E-state index contributed by atoms with van der Waals surface area (Å²) in [6.07, 6.45) is 2.15. The molecule has 2 aliphatic rings. The number of nitrogens with zero attached hydrogens (tertiary/aromatic N) is 2. The summed E-state index contributed by atoms with van der Waals surface area (Å²) in [6, 6.07) is 9.85. The molecule has 0 spiro atoms. The van der Waals surface area contributed by atoms with Gasteiger partial charge in [-0.3, -0.25) is 0 Å². The molecule has 2 heterocycles. The first-order valence-electron chi connectivity index (χ1n) is 9.57. The minimum Gasteiger partial charge on any atom is -0.497 e. The molecule has 0 aromatic heterocycles. The lowest BCUT2D eigenvalue weighted by Crippen LogP contribution is -2.30. The van der Waals surface area contributed by atoms with Gasteiger partial charge in [-0.2, -0.15) is 0 Å². The molecule has 8 heteroatoms. The zero-order valence-corrected chi connectivity index (χ0v) is 20.3. The van der Waals surface area contributed by atoms with E-state index < -0.39 is 0 Å². The fourth-order valence-corrected chi connectivity index (χ4v) is 5.18. The monoisotopic (exact) mass is 502 g/mol. The fraction of sp³-hybridized carbons (Fsp3) is 0.261. The van der Waals surface area contributed by atoms with Gasteiger partial charge >= 0.3 is 0 Å². The highest BCUT2D eigenvalue weighted by molar-refractivity contribution is 9.10. The number of thioether (sulfide) groups is 1. The summed E-state index contributed by atoms with van der Waals surface area (Å²) < 4.78 is 22.9. The van der Waals surface area contributed by atoms with Crippen molar-refractivity contribution in [2.24, 2.45) is 4.99 Å². The molecule has 0 saturated heterocycles. The lowest BCUT2D eigenvalue weighted by Gasteiger charge is -2.33. The molecule has 162 valence electrons. The molecule has 0 saturated carbocycles. The number of hydrogen-bond donors (Lipinski definition) is 0. The van der Waals surface area contributed by atoms with Crippen molar-refractivity contribution in [3.05, 3.63) is 63.1 Å². The van der Waals surface area contributed by atoms with Crippen molar-refractivity contribution in [1.29, 1.82) is 0 Å². The van der Waals surface area contributed by atoms with Gasteiger partial charge < -0.3 is 23.8 Å². The van der Waals surface area contributed by atoms with Gasteiger partial charge in [-0.15, -0.1) is 0 Å². The van der Waals surface area contributed by atoms with Crippen molar-refractivity contribution in [2.45, 2.75) is 13.0 Å². The molecule has 2 aliphatic heterocycles. The lowest BCUT2D eigenvalue weighted by molar-refractivity contribution is 0.324. The minimum atomic E-state index is -0.0341. The Morgan fingerprint density at radius 3 is 2.26 bits per heavy atom. The Kier molecular flexibility index (Phi) is 6.20. The van der Waals surface area contributed by atoms with E-state index in [4.69, 9.17) is 23.9 Å². The molecule has 0 N–H and O–H groups in total. The summed E-state index contributed by atoms with van der Waals surface area (Å²) in [6.45, 7) is 2.10. The van der Waals surface area contributed by atoms with E-state index in [-0.39, 0.29) is 6.04 Å². The van der Waals surface area contributed by atoms with Gasteiger partial charge in [-0.05, 0) is 48.2 Å².